The molecule has 0 aliphatic rings. The quantitative estimate of drug-likeness (QED) is 0.250. The standard InChI is InChI=1S/C31H37Cl2N3O4S/c1-6-23(5)34-31(38)29(7-2)35(19-26-27(32)9-8-10-28(26)33)30(37)20-36(24-15-11-21(3)12-16-24)41(39,40)25-17-13-22(4)14-18-25/h8-18,23,29H,6-7,19-20H2,1-5H3,(H,34,38). The van der Waals surface area contributed by atoms with E-state index < -0.39 is 28.5 Å². The summed E-state index contributed by atoms with van der Waals surface area (Å²) in [4.78, 5) is 29.0. The van der Waals surface area contributed by atoms with Gasteiger partial charge in [0.1, 0.15) is 12.6 Å². The second-order valence-corrected chi connectivity index (χ2v) is 12.8. The average molecular weight is 619 g/mol. The molecule has 10 heteroatoms. The molecule has 0 aromatic heterocycles. The number of benzene rings is 3. The monoisotopic (exact) mass is 617 g/mol. The summed E-state index contributed by atoms with van der Waals surface area (Å²) in [7, 11) is -4.14. The predicted octanol–water partition coefficient (Wildman–Crippen LogP) is 6.53. The van der Waals surface area contributed by atoms with Crippen molar-refractivity contribution in [2.75, 3.05) is 10.8 Å². The van der Waals surface area contributed by atoms with E-state index >= 15 is 0 Å². The minimum Gasteiger partial charge on any atom is -0.352 e. The van der Waals surface area contributed by atoms with Gasteiger partial charge in [0.2, 0.25) is 11.8 Å². The molecule has 0 spiro atoms. The molecule has 2 amide bonds. The van der Waals surface area contributed by atoms with Gasteiger partial charge in [0.25, 0.3) is 10.0 Å². The molecule has 2 atom stereocenters. The van der Waals surface area contributed by atoms with Crippen molar-refractivity contribution in [2.45, 2.75) is 71.0 Å². The van der Waals surface area contributed by atoms with E-state index in [1.165, 1.54) is 17.0 Å². The van der Waals surface area contributed by atoms with Crippen LogP contribution in [-0.2, 0) is 26.2 Å². The summed E-state index contributed by atoms with van der Waals surface area (Å²) in [5, 5.41) is 3.64. The Hall–Kier alpha value is -3.07. The van der Waals surface area contributed by atoms with Gasteiger partial charge >= 0.3 is 0 Å². The van der Waals surface area contributed by atoms with Gasteiger partial charge in [-0.1, -0.05) is 78.5 Å². The van der Waals surface area contributed by atoms with Gasteiger partial charge in [0.05, 0.1) is 10.6 Å². The van der Waals surface area contributed by atoms with Crippen molar-refractivity contribution in [3.8, 4) is 0 Å². The first-order chi connectivity index (χ1) is 19.4. The van der Waals surface area contributed by atoms with Crippen LogP contribution in [0.1, 0.15) is 50.3 Å². The number of sulfonamides is 1. The van der Waals surface area contributed by atoms with Crippen molar-refractivity contribution in [3.05, 3.63) is 93.5 Å². The molecule has 0 aliphatic carbocycles. The lowest BCUT2D eigenvalue weighted by molar-refractivity contribution is -0.140. The van der Waals surface area contributed by atoms with Gasteiger partial charge in [0, 0.05) is 28.2 Å². The minimum absolute atomic E-state index is 0.0544. The first kappa shape index (κ1) is 32.4. The summed E-state index contributed by atoms with van der Waals surface area (Å²) < 4.78 is 29.0. The first-order valence-electron chi connectivity index (χ1n) is 13.6. The molecule has 0 fully saturated rings. The topological polar surface area (TPSA) is 86.8 Å². The lowest BCUT2D eigenvalue weighted by Gasteiger charge is -2.34. The molecule has 7 nitrogen and oxygen atoms in total. The number of amides is 2. The molecule has 0 saturated carbocycles. The number of carbonyl (C=O) groups excluding carboxylic acids is 2. The van der Waals surface area contributed by atoms with Crippen molar-refractivity contribution >= 4 is 50.7 Å². The Morgan fingerprint density at radius 2 is 1.39 bits per heavy atom. The van der Waals surface area contributed by atoms with E-state index in [-0.39, 0.29) is 23.4 Å². The fourth-order valence-corrected chi connectivity index (χ4v) is 6.22. The van der Waals surface area contributed by atoms with Gasteiger partial charge in [-0.15, -0.1) is 0 Å². The number of anilines is 1. The number of rotatable bonds is 12. The number of carbonyl (C=O) groups is 2. The minimum atomic E-state index is -4.14. The Bertz CT molecular complexity index is 1440. The Labute approximate surface area is 253 Å². The van der Waals surface area contributed by atoms with Crippen LogP contribution in [0.4, 0.5) is 5.69 Å². The van der Waals surface area contributed by atoms with Crippen molar-refractivity contribution in [2.24, 2.45) is 0 Å². The number of aryl methyl sites for hydroxylation is 2. The zero-order valence-electron chi connectivity index (χ0n) is 24.0. The smallest absolute Gasteiger partial charge is 0.264 e. The normalized spacial score (nSPS) is 12.9. The van der Waals surface area contributed by atoms with Crippen LogP contribution in [0.15, 0.2) is 71.6 Å². The average Bonchev–Trinajstić information content (AvgIpc) is 2.93. The molecular weight excluding hydrogens is 581 g/mol. The Morgan fingerprint density at radius 1 is 0.854 bits per heavy atom. The molecule has 41 heavy (non-hydrogen) atoms. The summed E-state index contributed by atoms with van der Waals surface area (Å²) in [5.74, 6) is -0.898. The van der Waals surface area contributed by atoms with Crippen LogP contribution in [-0.4, -0.2) is 43.8 Å². The molecule has 3 aromatic rings. The molecule has 0 radical (unpaired) electrons. The largest absolute Gasteiger partial charge is 0.352 e. The van der Waals surface area contributed by atoms with Crippen molar-refractivity contribution in [1.29, 1.82) is 0 Å². The van der Waals surface area contributed by atoms with Crippen molar-refractivity contribution in [1.82, 2.24) is 10.2 Å². The number of hydrogen-bond donors (Lipinski definition) is 1. The maximum Gasteiger partial charge on any atom is 0.264 e. The van der Waals surface area contributed by atoms with Gasteiger partial charge in [-0.2, -0.15) is 0 Å². The van der Waals surface area contributed by atoms with Gasteiger partial charge in [0.15, 0.2) is 0 Å². The van der Waals surface area contributed by atoms with Crippen LogP contribution in [0.2, 0.25) is 10.0 Å². The van der Waals surface area contributed by atoms with Crippen molar-refractivity contribution in [3.63, 3.8) is 0 Å². The van der Waals surface area contributed by atoms with E-state index in [1.807, 2.05) is 27.7 Å². The second kappa shape index (κ2) is 14.2. The van der Waals surface area contributed by atoms with Crippen LogP contribution in [0.3, 0.4) is 0 Å². The summed E-state index contributed by atoms with van der Waals surface area (Å²) in [6, 6.07) is 17.4. The van der Waals surface area contributed by atoms with E-state index in [2.05, 4.69) is 5.32 Å². The van der Waals surface area contributed by atoms with E-state index in [9.17, 15) is 18.0 Å². The zero-order chi connectivity index (χ0) is 30.3. The van der Waals surface area contributed by atoms with E-state index in [1.54, 1.807) is 61.5 Å². The third kappa shape index (κ3) is 8.03. The lowest BCUT2D eigenvalue weighted by atomic mass is 10.1. The third-order valence-electron chi connectivity index (χ3n) is 6.99. The van der Waals surface area contributed by atoms with Crippen LogP contribution in [0.5, 0.6) is 0 Å². The SMILES string of the molecule is CCC(C)NC(=O)C(CC)N(Cc1c(Cl)cccc1Cl)C(=O)CN(c1ccc(C)cc1)S(=O)(=O)c1ccc(C)cc1. The van der Waals surface area contributed by atoms with E-state index in [4.69, 9.17) is 23.2 Å². The summed E-state index contributed by atoms with van der Waals surface area (Å²) in [6.07, 6.45) is 1.01. The highest BCUT2D eigenvalue weighted by molar-refractivity contribution is 7.92. The highest BCUT2D eigenvalue weighted by Crippen LogP contribution is 2.29. The molecule has 3 rings (SSSR count). The summed E-state index contributed by atoms with van der Waals surface area (Å²) in [5.41, 5.74) is 2.65. The molecule has 220 valence electrons. The number of nitrogens with one attached hydrogen (secondary N) is 1. The number of hydrogen-bond acceptors (Lipinski definition) is 4. The number of halogens is 2. The Balaban J connectivity index is 2.09. The van der Waals surface area contributed by atoms with Crippen LogP contribution in [0.25, 0.3) is 0 Å². The van der Waals surface area contributed by atoms with Gasteiger partial charge in [-0.3, -0.25) is 13.9 Å². The van der Waals surface area contributed by atoms with Crippen LogP contribution in [0, 0.1) is 13.8 Å². The molecule has 0 saturated heterocycles. The van der Waals surface area contributed by atoms with Gasteiger partial charge < -0.3 is 10.2 Å². The zero-order valence-corrected chi connectivity index (χ0v) is 26.4. The predicted molar refractivity (Wildman–Crippen MR) is 166 cm³/mol. The molecule has 1 N–H and O–H groups in total. The molecule has 0 bridgehead atoms. The lowest BCUT2D eigenvalue weighted by Crippen LogP contribution is -2.53. The van der Waals surface area contributed by atoms with E-state index in [0.29, 0.717) is 34.1 Å². The fourth-order valence-electron chi connectivity index (χ4n) is 4.29. The Kier molecular flexibility index (Phi) is 11.2. The van der Waals surface area contributed by atoms with Crippen LogP contribution >= 0.6 is 23.2 Å². The highest BCUT2D eigenvalue weighted by Gasteiger charge is 2.34. The third-order valence-corrected chi connectivity index (χ3v) is 9.48. The molecule has 2 unspecified atom stereocenters. The summed E-state index contributed by atoms with van der Waals surface area (Å²) >= 11 is 12.9. The maximum atomic E-state index is 14.2. The second-order valence-electron chi connectivity index (χ2n) is 10.1. The molecule has 0 heterocycles. The molecule has 3 aromatic carbocycles. The number of nitrogens with zero attached hydrogens (tertiary/aromatic N) is 2. The molecular formula is C31H37Cl2N3O4S. The summed E-state index contributed by atoms with van der Waals surface area (Å²) in [6.45, 7) is 8.79. The Morgan fingerprint density at radius 3 is 1.90 bits per heavy atom. The maximum absolute atomic E-state index is 14.2. The van der Waals surface area contributed by atoms with Gasteiger partial charge in [-0.25, -0.2) is 8.42 Å². The fraction of sp³-hybridized carbons (Fsp3) is 0.355. The van der Waals surface area contributed by atoms with Crippen molar-refractivity contribution < 1.29 is 18.0 Å². The molecule has 0 aliphatic heterocycles. The van der Waals surface area contributed by atoms with E-state index in [0.717, 1.165) is 15.4 Å². The van der Waals surface area contributed by atoms with Gasteiger partial charge in [-0.05, 0) is 70.0 Å². The van der Waals surface area contributed by atoms with Crippen LogP contribution < -0.4 is 9.62 Å². The highest BCUT2D eigenvalue weighted by atomic mass is 35.5. The first-order valence-corrected chi connectivity index (χ1v) is 15.8.